The first kappa shape index (κ1) is 21.1. The Morgan fingerprint density at radius 2 is 2.00 bits per heavy atom. The second kappa shape index (κ2) is 8.91. The maximum Gasteiger partial charge on any atom is 0.258 e. The molecule has 31 heavy (non-hydrogen) atoms. The number of ether oxygens (including phenoxy) is 1. The van der Waals surface area contributed by atoms with Crippen LogP contribution < -0.4 is 15.6 Å². The smallest absolute Gasteiger partial charge is 0.258 e. The molecule has 0 saturated carbocycles. The SMILES string of the molecule is Cl.O=c1cc(OCc2ccc(F)cn2)ccn1-c1ccc2c3c(oc2c1)CCNCC3. The van der Waals surface area contributed by atoms with E-state index in [1.165, 1.54) is 17.7 Å². The molecule has 8 heteroatoms. The first-order valence-electron chi connectivity index (χ1n) is 9.89. The number of halogens is 2. The molecule has 4 aromatic rings. The number of furan rings is 1. The molecule has 0 amide bonds. The molecule has 0 atom stereocenters. The van der Waals surface area contributed by atoms with Crippen molar-refractivity contribution in [1.82, 2.24) is 14.9 Å². The number of rotatable bonds is 4. The van der Waals surface area contributed by atoms with Gasteiger partial charge in [-0.2, -0.15) is 0 Å². The molecular formula is C23H21ClFN3O3. The lowest BCUT2D eigenvalue weighted by Crippen LogP contribution is -2.17. The molecule has 0 aliphatic carbocycles. The normalized spacial score (nSPS) is 13.3. The van der Waals surface area contributed by atoms with Crippen molar-refractivity contribution in [1.29, 1.82) is 0 Å². The van der Waals surface area contributed by atoms with Crippen molar-refractivity contribution in [2.24, 2.45) is 0 Å². The van der Waals surface area contributed by atoms with Crippen molar-refractivity contribution in [3.05, 3.63) is 88.0 Å². The van der Waals surface area contributed by atoms with E-state index in [1.807, 2.05) is 18.2 Å². The average Bonchev–Trinajstić information content (AvgIpc) is 2.93. The third kappa shape index (κ3) is 4.33. The second-order valence-corrected chi connectivity index (χ2v) is 7.26. The molecule has 6 nitrogen and oxygen atoms in total. The molecule has 0 saturated heterocycles. The van der Waals surface area contributed by atoms with E-state index in [1.54, 1.807) is 22.9 Å². The van der Waals surface area contributed by atoms with E-state index in [9.17, 15) is 9.18 Å². The van der Waals surface area contributed by atoms with Crippen molar-refractivity contribution in [3.8, 4) is 11.4 Å². The molecule has 160 valence electrons. The van der Waals surface area contributed by atoms with Crippen LogP contribution >= 0.6 is 12.4 Å². The molecule has 1 aliphatic heterocycles. The van der Waals surface area contributed by atoms with Crippen LogP contribution in [0.2, 0.25) is 0 Å². The molecule has 0 fully saturated rings. The van der Waals surface area contributed by atoms with Gasteiger partial charge in [0.25, 0.3) is 5.56 Å². The van der Waals surface area contributed by atoms with Gasteiger partial charge in [-0.05, 0) is 43.3 Å². The highest BCUT2D eigenvalue weighted by Crippen LogP contribution is 2.29. The summed E-state index contributed by atoms with van der Waals surface area (Å²) in [6.45, 7) is 2.01. The Labute approximate surface area is 184 Å². The Morgan fingerprint density at radius 1 is 1.13 bits per heavy atom. The number of aromatic nitrogens is 2. The van der Waals surface area contributed by atoms with Crippen molar-refractivity contribution in [2.45, 2.75) is 19.4 Å². The predicted octanol–water partition coefficient (Wildman–Crippen LogP) is 3.81. The van der Waals surface area contributed by atoms with Crippen LogP contribution in [0.5, 0.6) is 5.75 Å². The summed E-state index contributed by atoms with van der Waals surface area (Å²) >= 11 is 0. The Balaban J connectivity index is 0.00000231. The topological polar surface area (TPSA) is 69.3 Å². The van der Waals surface area contributed by atoms with Crippen molar-refractivity contribution in [2.75, 3.05) is 13.1 Å². The number of hydrogen-bond acceptors (Lipinski definition) is 5. The Bertz CT molecular complexity index is 1270. The molecule has 1 N–H and O–H groups in total. The van der Waals surface area contributed by atoms with E-state index in [2.05, 4.69) is 10.3 Å². The minimum atomic E-state index is -0.400. The van der Waals surface area contributed by atoms with Crippen LogP contribution in [-0.2, 0) is 19.4 Å². The molecule has 3 aromatic heterocycles. The minimum Gasteiger partial charge on any atom is -0.487 e. The van der Waals surface area contributed by atoms with Crippen LogP contribution in [0.1, 0.15) is 17.0 Å². The van der Waals surface area contributed by atoms with Gasteiger partial charge < -0.3 is 14.5 Å². The van der Waals surface area contributed by atoms with Gasteiger partial charge in [-0.3, -0.25) is 14.3 Å². The fraction of sp³-hybridized carbons (Fsp3) is 0.217. The summed E-state index contributed by atoms with van der Waals surface area (Å²) in [5, 5.41) is 4.49. The van der Waals surface area contributed by atoms with Gasteiger partial charge in [0.1, 0.15) is 29.5 Å². The summed E-state index contributed by atoms with van der Waals surface area (Å²) in [5.41, 5.74) is 3.16. The van der Waals surface area contributed by atoms with Crippen LogP contribution in [0.4, 0.5) is 4.39 Å². The maximum atomic E-state index is 12.9. The first-order chi connectivity index (χ1) is 14.7. The number of nitrogens with zero attached hydrogens (tertiary/aromatic N) is 2. The lowest BCUT2D eigenvalue weighted by atomic mass is 10.1. The molecule has 5 rings (SSSR count). The number of fused-ring (bicyclic) bond motifs is 3. The highest BCUT2D eigenvalue weighted by atomic mass is 35.5. The Morgan fingerprint density at radius 3 is 2.81 bits per heavy atom. The monoisotopic (exact) mass is 441 g/mol. The van der Waals surface area contributed by atoms with E-state index in [0.717, 1.165) is 54.5 Å². The third-order valence-corrected chi connectivity index (χ3v) is 5.29. The van der Waals surface area contributed by atoms with Crippen molar-refractivity contribution < 1.29 is 13.5 Å². The van der Waals surface area contributed by atoms with Gasteiger partial charge in [0.05, 0.1) is 17.6 Å². The first-order valence-corrected chi connectivity index (χ1v) is 9.89. The molecule has 0 spiro atoms. The molecule has 0 unspecified atom stereocenters. The number of hydrogen-bond donors (Lipinski definition) is 1. The van der Waals surface area contributed by atoms with Gasteiger partial charge in [0.2, 0.25) is 0 Å². The van der Waals surface area contributed by atoms with Crippen LogP contribution in [0.25, 0.3) is 16.7 Å². The minimum absolute atomic E-state index is 0. The fourth-order valence-electron chi connectivity index (χ4n) is 3.77. The van der Waals surface area contributed by atoms with Gasteiger partial charge in [-0.15, -0.1) is 12.4 Å². The highest BCUT2D eigenvalue weighted by Gasteiger charge is 2.17. The van der Waals surface area contributed by atoms with Gasteiger partial charge in [-0.1, -0.05) is 0 Å². The van der Waals surface area contributed by atoms with Crippen LogP contribution in [0, 0.1) is 5.82 Å². The van der Waals surface area contributed by atoms with Gasteiger partial charge in [-0.25, -0.2) is 4.39 Å². The van der Waals surface area contributed by atoms with Gasteiger partial charge >= 0.3 is 0 Å². The largest absolute Gasteiger partial charge is 0.487 e. The van der Waals surface area contributed by atoms with E-state index in [-0.39, 0.29) is 24.6 Å². The molecular weight excluding hydrogens is 421 g/mol. The summed E-state index contributed by atoms with van der Waals surface area (Å²) in [5.74, 6) is 1.06. The van der Waals surface area contributed by atoms with E-state index in [4.69, 9.17) is 9.15 Å². The van der Waals surface area contributed by atoms with Crippen LogP contribution in [0.15, 0.2) is 64.1 Å². The summed E-state index contributed by atoms with van der Waals surface area (Å²) < 4.78 is 26.2. The summed E-state index contributed by atoms with van der Waals surface area (Å²) in [4.78, 5) is 16.6. The van der Waals surface area contributed by atoms with E-state index in [0.29, 0.717) is 11.4 Å². The third-order valence-electron chi connectivity index (χ3n) is 5.29. The Kier molecular flexibility index (Phi) is 6.06. The van der Waals surface area contributed by atoms with Crippen molar-refractivity contribution in [3.63, 3.8) is 0 Å². The van der Waals surface area contributed by atoms with E-state index >= 15 is 0 Å². The van der Waals surface area contributed by atoms with Gasteiger partial charge in [0.15, 0.2) is 0 Å². The van der Waals surface area contributed by atoms with Crippen molar-refractivity contribution >= 4 is 23.4 Å². The lowest BCUT2D eigenvalue weighted by molar-refractivity contribution is 0.300. The molecule has 0 bridgehead atoms. The standard InChI is InChI=1S/C23H20FN3O3.ClH/c24-15-1-2-16(26-13-15)14-29-18-7-10-27(23(28)12-18)17-3-4-19-20-5-8-25-9-6-21(20)30-22(19)11-17;/h1-4,7,10-13,25H,5-6,8-9,14H2;1H. The number of benzene rings is 1. The highest BCUT2D eigenvalue weighted by molar-refractivity contribution is 5.85. The summed E-state index contributed by atoms with van der Waals surface area (Å²) in [6.07, 6.45) is 4.62. The molecule has 1 aliphatic rings. The zero-order valence-corrected chi connectivity index (χ0v) is 17.5. The van der Waals surface area contributed by atoms with Crippen LogP contribution in [-0.4, -0.2) is 22.6 Å². The van der Waals surface area contributed by atoms with Crippen LogP contribution in [0.3, 0.4) is 0 Å². The average molecular weight is 442 g/mol. The quantitative estimate of drug-likeness (QED) is 0.521. The second-order valence-electron chi connectivity index (χ2n) is 7.26. The summed E-state index contributed by atoms with van der Waals surface area (Å²) in [7, 11) is 0. The molecule has 4 heterocycles. The number of pyridine rings is 2. The zero-order chi connectivity index (χ0) is 20.5. The van der Waals surface area contributed by atoms with Gasteiger partial charge in [0, 0.05) is 42.2 Å². The van der Waals surface area contributed by atoms with E-state index < -0.39 is 5.82 Å². The summed E-state index contributed by atoms with van der Waals surface area (Å²) in [6, 6.07) is 11.9. The lowest BCUT2D eigenvalue weighted by Gasteiger charge is -2.09. The number of nitrogens with one attached hydrogen (secondary N) is 1. The fourth-order valence-corrected chi connectivity index (χ4v) is 3.77. The zero-order valence-electron chi connectivity index (χ0n) is 16.6. The molecule has 1 aromatic carbocycles. The maximum absolute atomic E-state index is 12.9. The Hall–Kier alpha value is -3.16. The predicted molar refractivity (Wildman–Crippen MR) is 118 cm³/mol. The molecule has 0 radical (unpaired) electrons.